The molecule has 1 aliphatic heterocycles. The van der Waals surface area contributed by atoms with Gasteiger partial charge in [0.05, 0.1) is 6.61 Å². The van der Waals surface area contributed by atoms with Crippen LogP contribution in [-0.2, 0) is 14.3 Å². The summed E-state index contributed by atoms with van der Waals surface area (Å²) in [7, 11) is 0. The maximum absolute atomic E-state index is 10.2. The topological polar surface area (TPSA) is 116 Å². The number of nitrogens with two attached hydrogens (primary N) is 2. The van der Waals surface area contributed by atoms with Gasteiger partial charge >= 0.3 is 11.9 Å². The number of carbonyl (C=O) groups excluding carboxylic acids is 1. The van der Waals surface area contributed by atoms with E-state index in [1.54, 1.807) is 0 Å². The standard InChI is InChI=1S/C4H8BrNO2.C4H7NO2.BrH.ClH/c5-2-1-3(6)4(7)8;5-3-1-2-7-4(3)6;;/h3H,1-2,6H2,(H,7,8);3H,1-2,5H2;2*1H/t;3-;;/m.0../s1. The Morgan fingerprint density at radius 3 is 2.29 bits per heavy atom. The second kappa shape index (κ2) is 12.6. The molecule has 0 aromatic carbocycles. The highest BCUT2D eigenvalue weighted by Gasteiger charge is 2.21. The van der Waals surface area contributed by atoms with Crippen LogP contribution in [0, 0.1) is 0 Å². The van der Waals surface area contributed by atoms with Crippen LogP contribution < -0.4 is 11.5 Å². The van der Waals surface area contributed by atoms with Gasteiger partial charge in [-0.1, -0.05) is 15.9 Å². The van der Waals surface area contributed by atoms with Crippen LogP contribution in [0.5, 0.6) is 0 Å². The van der Waals surface area contributed by atoms with Crippen molar-refractivity contribution in [1.82, 2.24) is 0 Å². The maximum atomic E-state index is 10.2. The van der Waals surface area contributed by atoms with E-state index < -0.39 is 12.0 Å². The van der Waals surface area contributed by atoms with Crippen LogP contribution in [0.4, 0.5) is 0 Å². The molecule has 5 N–H and O–H groups in total. The van der Waals surface area contributed by atoms with Gasteiger partial charge in [0.15, 0.2) is 0 Å². The molecule has 0 aliphatic carbocycles. The van der Waals surface area contributed by atoms with Crippen molar-refractivity contribution in [3.63, 3.8) is 0 Å². The lowest BCUT2D eigenvalue weighted by Crippen LogP contribution is -2.30. The summed E-state index contributed by atoms with van der Waals surface area (Å²) in [6, 6.07) is -1.06. The molecule has 0 aromatic heterocycles. The average molecular weight is 400 g/mol. The SMILES string of the molecule is Br.Cl.NC(CCBr)C(=O)O.N[C@H]1CCOC1=O. The number of ether oxygens (including phenoxy) is 1. The van der Waals surface area contributed by atoms with Crippen molar-refractivity contribution in [2.45, 2.75) is 24.9 Å². The fraction of sp³-hybridized carbons (Fsp3) is 0.750. The monoisotopic (exact) mass is 398 g/mol. The van der Waals surface area contributed by atoms with Gasteiger partial charge in [-0.25, -0.2) is 0 Å². The molecule has 9 heteroatoms. The molecule has 1 unspecified atom stereocenters. The fourth-order valence-electron chi connectivity index (χ4n) is 0.752. The van der Waals surface area contributed by atoms with Gasteiger partial charge in [0.25, 0.3) is 0 Å². The minimum absolute atomic E-state index is 0. The molecule has 1 heterocycles. The number of aliphatic carboxylic acids is 1. The summed E-state index contributed by atoms with van der Waals surface area (Å²) >= 11 is 3.07. The van der Waals surface area contributed by atoms with E-state index in [2.05, 4.69) is 20.7 Å². The predicted octanol–water partition coefficient (Wildman–Crippen LogP) is 0.444. The van der Waals surface area contributed by atoms with Crippen molar-refractivity contribution in [2.24, 2.45) is 11.5 Å². The van der Waals surface area contributed by atoms with E-state index in [0.29, 0.717) is 24.8 Å². The van der Waals surface area contributed by atoms with Gasteiger partial charge in [0.1, 0.15) is 12.1 Å². The third-order valence-electron chi connectivity index (χ3n) is 1.71. The zero-order chi connectivity index (χ0) is 11.8. The molecule has 6 nitrogen and oxygen atoms in total. The Kier molecular flexibility index (Phi) is 16.5. The first-order valence-corrected chi connectivity index (χ1v) is 5.57. The van der Waals surface area contributed by atoms with Gasteiger partial charge in [0.2, 0.25) is 0 Å². The highest BCUT2D eigenvalue weighted by atomic mass is 79.9. The Morgan fingerprint density at radius 2 is 2.18 bits per heavy atom. The summed E-state index contributed by atoms with van der Waals surface area (Å²) < 4.78 is 4.50. The zero-order valence-electron chi connectivity index (χ0n) is 9.00. The summed E-state index contributed by atoms with van der Waals surface area (Å²) in [6.45, 7) is 0.500. The summed E-state index contributed by atoms with van der Waals surface area (Å²) in [5, 5.41) is 8.81. The molecule has 0 aromatic rings. The summed E-state index contributed by atoms with van der Waals surface area (Å²) in [6.07, 6.45) is 1.16. The van der Waals surface area contributed by atoms with E-state index >= 15 is 0 Å². The minimum atomic E-state index is -0.940. The number of hydrogen-bond donors (Lipinski definition) is 3. The summed E-state index contributed by atoms with van der Waals surface area (Å²) in [5.74, 6) is -1.20. The van der Waals surface area contributed by atoms with Crippen LogP contribution >= 0.6 is 45.3 Å². The molecule has 104 valence electrons. The molecule has 0 radical (unpaired) electrons. The molecule has 17 heavy (non-hydrogen) atoms. The average Bonchev–Trinajstić information content (AvgIpc) is 2.52. The number of carboxylic acids is 1. The van der Waals surface area contributed by atoms with Crippen molar-refractivity contribution >= 4 is 57.3 Å². The van der Waals surface area contributed by atoms with Crippen molar-refractivity contribution in [3.05, 3.63) is 0 Å². The quantitative estimate of drug-likeness (QED) is 0.468. The molecule has 0 saturated carbocycles. The first-order chi connectivity index (χ1) is 6.99. The summed E-state index contributed by atoms with van der Waals surface area (Å²) in [5.41, 5.74) is 10.3. The smallest absolute Gasteiger partial charge is 0.323 e. The number of esters is 1. The highest BCUT2D eigenvalue weighted by molar-refractivity contribution is 9.09. The molecule has 1 rings (SSSR count). The van der Waals surface area contributed by atoms with Crippen molar-refractivity contribution in [2.75, 3.05) is 11.9 Å². The summed E-state index contributed by atoms with van der Waals surface area (Å²) in [4.78, 5) is 20.2. The van der Waals surface area contributed by atoms with E-state index in [1.807, 2.05) is 0 Å². The second-order valence-corrected chi connectivity index (χ2v) is 3.78. The Balaban J connectivity index is -0.000000207. The van der Waals surface area contributed by atoms with E-state index in [0.717, 1.165) is 0 Å². The Hall–Kier alpha value is 0.110. The van der Waals surface area contributed by atoms with Crippen LogP contribution in [-0.4, -0.2) is 41.1 Å². The lowest BCUT2D eigenvalue weighted by atomic mass is 10.2. The van der Waals surface area contributed by atoms with E-state index in [4.69, 9.17) is 16.6 Å². The normalized spacial score (nSPS) is 18.8. The minimum Gasteiger partial charge on any atom is -0.480 e. The molecule has 1 saturated heterocycles. The van der Waals surface area contributed by atoms with Crippen LogP contribution in [0.25, 0.3) is 0 Å². The first-order valence-electron chi connectivity index (χ1n) is 4.45. The molecule has 0 spiro atoms. The van der Waals surface area contributed by atoms with Gasteiger partial charge in [-0.3, -0.25) is 9.59 Å². The fourth-order valence-corrected chi connectivity index (χ4v) is 1.25. The van der Waals surface area contributed by atoms with Gasteiger partial charge in [-0.2, -0.15) is 0 Å². The van der Waals surface area contributed by atoms with E-state index in [-0.39, 0.29) is 41.4 Å². The number of alkyl halides is 1. The van der Waals surface area contributed by atoms with E-state index in [9.17, 15) is 9.59 Å². The Morgan fingerprint density at radius 1 is 1.65 bits per heavy atom. The van der Waals surface area contributed by atoms with Crippen LogP contribution in [0.2, 0.25) is 0 Å². The van der Waals surface area contributed by atoms with Crippen LogP contribution in [0.15, 0.2) is 0 Å². The maximum Gasteiger partial charge on any atom is 0.323 e. The predicted molar refractivity (Wildman–Crippen MR) is 75.1 cm³/mol. The highest BCUT2D eigenvalue weighted by Crippen LogP contribution is 2.00. The molecule has 0 amide bonds. The third-order valence-corrected chi connectivity index (χ3v) is 2.17. The first kappa shape index (κ1) is 22.3. The van der Waals surface area contributed by atoms with Crippen LogP contribution in [0.1, 0.15) is 12.8 Å². The third kappa shape index (κ3) is 11.0. The molecular formula is C8H17Br2ClN2O4. The van der Waals surface area contributed by atoms with Gasteiger partial charge in [-0.15, -0.1) is 29.4 Å². The van der Waals surface area contributed by atoms with E-state index in [1.165, 1.54) is 0 Å². The second-order valence-electron chi connectivity index (χ2n) is 2.99. The molecule has 1 aliphatic rings. The number of halogens is 3. The number of carbonyl (C=O) groups is 2. The van der Waals surface area contributed by atoms with Gasteiger partial charge in [0, 0.05) is 11.8 Å². The lowest BCUT2D eigenvalue weighted by Gasteiger charge is -1.99. The number of rotatable bonds is 3. The van der Waals surface area contributed by atoms with Crippen molar-refractivity contribution in [1.29, 1.82) is 0 Å². The molecular weight excluding hydrogens is 383 g/mol. The number of hydrogen-bond acceptors (Lipinski definition) is 5. The van der Waals surface area contributed by atoms with Crippen molar-refractivity contribution < 1.29 is 19.4 Å². The zero-order valence-corrected chi connectivity index (χ0v) is 13.1. The molecule has 0 bridgehead atoms. The lowest BCUT2D eigenvalue weighted by molar-refractivity contribution is -0.139. The Labute approximate surface area is 125 Å². The largest absolute Gasteiger partial charge is 0.480 e. The van der Waals surface area contributed by atoms with Crippen LogP contribution in [0.3, 0.4) is 0 Å². The number of carboxylic acid groups (broad SMARTS) is 1. The van der Waals surface area contributed by atoms with Crippen molar-refractivity contribution in [3.8, 4) is 0 Å². The number of cyclic esters (lactones) is 1. The van der Waals surface area contributed by atoms with Gasteiger partial charge in [-0.05, 0) is 6.42 Å². The molecule has 1 fully saturated rings. The molecule has 2 atom stereocenters. The Bertz CT molecular complexity index is 234. The van der Waals surface area contributed by atoms with Gasteiger partial charge < -0.3 is 21.3 Å².